The van der Waals surface area contributed by atoms with Crippen LogP contribution in [0.1, 0.15) is 12.8 Å². The Balaban J connectivity index is 2.43. The SMILES string of the molecule is C=CCN1CCC(=O)C(Br)CC1. The van der Waals surface area contributed by atoms with E-state index in [-0.39, 0.29) is 4.83 Å². The number of hydrogen-bond donors (Lipinski definition) is 0. The molecule has 1 saturated heterocycles. The van der Waals surface area contributed by atoms with E-state index in [4.69, 9.17) is 0 Å². The quantitative estimate of drug-likeness (QED) is 0.532. The zero-order chi connectivity index (χ0) is 8.97. The lowest BCUT2D eigenvalue weighted by molar-refractivity contribution is -0.118. The number of alkyl halides is 1. The van der Waals surface area contributed by atoms with Gasteiger partial charge in [0.2, 0.25) is 0 Å². The number of Topliss-reactive ketones (excluding diaryl/α,β-unsaturated/α-hetero) is 1. The molecule has 3 heteroatoms. The molecule has 1 fully saturated rings. The average Bonchev–Trinajstić information content (AvgIpc) is 2.20. The molecule has 12 heavy (non-hydrogen) atoms. The maximum atomic E-state index is 11.3. The van der Waals surface area contributed by atoms with Crippen molar-refractivity contribution in [3.05, 3.63) is 12.7 Å². The first-order valence-electron chi connectivity index (χ1n) is 4.24. The molecule has 1 aliphatic rings. The molecule has 0 amide bonds. The van der Waals surface area contributed by atoms with Crippen LogP contribution in [0.3, 0.4) is 0 Å². The minimum absolute atomic E-state index is 0.0762. The van der Waals surface area contributed by atoms with Gasteiger partial charge in [-0.15, -0.1) is 6.58 Å². The highest BCUT2D eigenvalue weighted by molar-refractivity contribution is 9.10. The molecule has 2 nitrogen and oxygen atoms in total. The highest BCUT2D eigenvalue weighted by atomic mass is 79.9. The number of carbonyl (C=O) groups excluding carboxylic acids is 1. The Morgan fingerprint density at radius 3 is 3.08 bits per heavy atom. The van der Waals surface area contributed by atoms with E-state index >= 15 is 0 Å². The van der Waals surface area contributed by atoms with Crippen molar-refractivity contribution in [2.24, 2.45) is 0 Å². The number of nitrogens with zero attached hydrogens (tertiary/aromatic N) is 1. The van der Waals surface area contributed by atoms with Gasteiger partial charge in [0.1, 0.15) is 5.78 Å². The summed E-state index contributed by atoms with van der Waals surface area (Å²) in [5.41, 5.74) is 0. The third-order valence-electron chi connectivity index (χ3n) is 2.11. The van der Waals surface area contributed by atoms with Crippen molar-refractivity contribution < 1.29 is 4.79 Å². The van der Waals surface area contributed by atoms with Gasteiger partial charge in [-0.1, -0.05) is 22.0 Å². The van der Waals surface area contributed by atoms with Gasteiger partial charge in [0.25, 0.3) is 0 Å². The molecule has 0 spiro atoms. The molecule has 68 valence electrons. The Labute approximate surface area is 81.8 Å². The van der Waals surface area contributed by atoms with Gasteiger partial charge < -0.3 is 0 Å². The van der Waals surface area contributed by atoms with Crippen LogP contribution in [-0.4, -0.2) is 35.1 Å². The number of carbonyl (C=O) groups is 1. The van der Waals surface area contributed by atoms with Crippen LogP contribution in [0.5, 0.6) is 0 Å². The maximum absolute atomic E-state index is 11.3. The highest BCUT2D eigenvalue weighted by Crippen LogP contribution is 2.14. The molecule has 0 radical (unpaired) electrons. The average molecular weight is 232 g/mol. The second-order valence-electron chi connectivity index (χ2n) is 3.06. The van der Waals surface area contributed by atoms with Crippen molar-refractivity contribution >= 4 is 21.7 Å². The van der Waals surface area contributed by atoms with Crippen LogP contribution in [0.25, 0.3) is 0 Å². The van der Waals surface area contributed by atoms with Gasteiger partial charge in [-0.3, -0.25) is 9.69 Å². The maximum Gasteiger partial charge on any atom is 0.147 e. The summed E-state index contributed by atoms with van der Waals surface area (Å²) >= 11 is 3.38. The first-order valence-corrected chi connectivity index (χ1v) is 5.15. The van der Waals surface area contributed by atoms with Gasteiger partial charge >= 0.3 is 0 Å². The summed E-state index contributed by atoms with van der Waals surface area (Å²) in [7, 11) is 0. The minimum atomic E-state index is 0.0762. The summed E-state index contributed by atoms with van der Waals surface area (Å²) in [5, 5.41) is 0. The third-order valence-corrected chi connectivity index (χ3v) is 3.08. The van der Waals surface area contributed by atoms with Gasteiger partial charge in [0.05, 0.1) is 4.83 Å². The van der Waals surface area contributed by atoms with E-state index < -0.39 is 0 Å². The van der Waals surface area contributed by atoms with Crippen molar-refractivity contribution in [1.82, 2.24) is 4.90 Å². The first kappa shape index (κ1) is 9.93. The highest BCUT2D eigenvalue weighted by Gasteiger charge is 2.20. The summed E-state index contributed by atoms with van der Waals surface area (Å²) in [4.78, 5) is 13.6. The Bertz CT molecular complexity index is 181. The zero-order valence-corrected chi connectivity index (χ0v) is 8.72. The van der Waals surface area contributed by atoms with Gasteiger partial charge in [-0.05, 0) is 13.0 Å². The van der Waals surface area contributed by atoms with E-state index in [0.717, 1.165) is 26.1 Å². The van der Waals surface area contributed by atoms with Crippen LogP contribution >= 0.6 is 15.9 Å². The molecule has 0 aliphatic carbocycles. The smallest absolute Gasteiger partial charge is 0.147 e. The second kappa shape index (κ2) is 4.77. The fraction of sp³-hybridized carbons (Fsp3) is 0.667. The van der Waals surface area contributed by atoms with E-state index in [1.54, 1.807) is 0 Å². The summed E-state index contributed by atoms with van der Waals surface area (Å²) in [6.45, 7) is 6.46. The molecule has 0 aromatic heterocycles. The van der Waals surface area contributed by atoms with Crippen molar-refractivity contribution in [3.8, 4) is 0 Å². The molecule has 0 N–H and O–H groups in total. The molecule has 0 aromatic rings. The fourth-order valence-corrected chi connectivity index (χ4v) is 1.79. The molecule has 0 saturated carbocycles. The largest absolute Gasteiger partial charge is 0.299 e. The van der Waals surface area contributed by atoms with Gasteiger partial charge in [0, 0.05) is 19.5 Å². The van der Waals surface area contributed by atoms with Crippen molar-refractivity contribution in [1.29, 1.82) is 0 Å². The van der Waals surface area contributed by atoms with E-state index in [1.165, 1.54) is 0 Å². The summed E-state index contributed by atoms with van der Waals surface area (Å²) in [5.74, 6) is 0.335. The molecular formula is C9H14BrNO. The summed E-state index contributed by atoms with van der Waals surface area (Å²) in [6.07, 6.45) is 3.48. The predicted octanol–water partition coefficient (Wildman–Crippen LogP) is 1.60. The van der Waals surface area contributed by atoms with Crippen molar-refractivity contribution in [3.63, 3.8) is 0 Å². The first-order chi connectivity index (χ1) is 5.74. The third kappa shape index (κ3) is 2.72. The van der Waals surface area contributed by atoms with Crippen LogP contribution in [0.15, 0.2) is 12.7 Å². The molecule has 0 aromatic carbocycles. The number of halogens is 1. The number of rotatable bonds is 2. The molecule has 1 atom stereocenters. The monoisotopic (exact) mass is 231 g/mol. The van der Waals surface area contributed by atoms with E-state index in [0.29, 0.717) is 12.2 Å². The lowest BCUT2D eigenvalue weighted by Gasteiger charge is -2.16. The standard InChI is InChI=1S/C9H14BrNO/c1-2-5-11-6-3-8(10)9(12)4-7-11/h2,8H,1,3-7H2. The van der Waals surface area contributed by atoms with Crippen LogP contribution in [-0.2, 0) is 4.79 Å². The van der Waals surface area contributed by atoms with Crippen molar-refractivity contribution in [2.75, 3.05) is 19.6 Å². The lowest BCUT2D eigenvalue weighted by atomic mass is 10.2. The molecule has 1 unspecified atom stereocenters. The second-order valence-corrected chi connectivity index (χ2v) is 4.17. The van der Waals surface area contributed by atoms with Crippen LogP contribution in [0.2, 0.25) is 0 Å². The van der Waals surface area contributed by atoms with E-state index in [9.17, 15) is 4.79 Å². The summed E-state index contributed by atoms with van der Waals surface area (Å²) < 4.78 is 0. The molecule has 1 rings (SSSR count). The Morgan fingerprint density at radius 1 is 1.67 bits per heavy atom. The molecule has 1 heterocycles. The normalized spacial score (nSPS) is 26.8. The molecule has 1 aliphatic heterocycles. The number of hydrogen-bond acceptors (Lipinski definition) is 2. The topological polar surface area (TPSA) is 20.3 Å². The minimum Gasteiger partial charge on any atom is -0.299 e. The Morgan fingerprint density at radius 2 is 2.42 bits per heavy atom. The predicted molar refractivity (Wildman–Crippen MR) is 53.6 cm³/mol. The molecule has 0 bridgehead atoms. The Kier molecular flexibility index (Phi) is 3.95. The van der Waals surface area contributed by atoms with Gasteiger partial charge in [0.15, 0.2) is 0 Å². The lowest BCUT2D eigenvalue weighted by Crippen LogP contribution is -2.24. The van der Waals surface area contributed by atoms with E-state index in [1.807, 2.05) is 6.08 Å². The Hall–Kier alpha value is -0.150. The molecular weight excluding hydrogens is 218 g/mol. The van der Waals surface area contributed by atoms with Crippen molar-refractivity contribution in [2.45, 2.75) is 17.7 Å². The van der Waals surface area contributed by atoms with E-state index in [2.05, 4.69) is 27.4 Å². The van der Waals surface area contributed by atoms with Gasteiger partial charge in [-0.25, -0.2) is 0 Å². The van der Waals surface area contributed by atoms with Crippen LogP contribution in [0, 0.1) is 0 Å². The van der Waals surface area contributed by atoms with Crippen LogP contribution < -0.4 is 0 Å². The summed E-state index contributed by atoms with van der Waals surface area (Å²) in [6, 6.07) is 0. The number of ketones is 1. The van der Waals surface area contributed by atoms with Gasteiger partial charge in [-0.2, -0.15) is 0 Å². The number of likely N-dealkylation sites (tertiary alicyclic amines) is 1. The van der Waals surface area contributed by atoms with Crippen LogP contribution in [0.4, 0.5) is 0 Å². The fourth-order valence-electron chi connectivity index (χ4n) is 1.36. The zero-order valence-electron chi connectivity index (χ0n) is 7.13.